The molecular formula is C63H116O6. The quantitative estimate of drug-likeness (QED) is 0.0261. The molecule has 0 aliphatic rings. The van der Waals surface area contributed by atoms with Crippen molar-refractivity contribution in [1.29, 1.82) is 0 Å². The maximum atomic E-state index is 12.9. The minimum atomic E-state index is -0.774. The predicted octanol–water partition coefficient (Wildman–Crippen LogP) is 20.4. The highest BCUT2D eigenvalue weighted by Crippen LogP contribution is 2.17. The molecule has 6 nitrogen and oxygen atoms in total. The molecule has 0 unspecified atom stereocenters. The van der Waals surface area contributed by atoms with E-state index in [4.69, 9.17) is 14.2 Å². The third-order valence-corrected chi connectivity index (χ3v) is 13.6. The van der Waals surface area contributed by atoms with E-state index in [2.05, 4.69) is 57.2 Å². The van der Waals surface area contributed by atoms with Crippen molar-refractivity contribution in [3.63, 3.8) is 0 Å². The number of esters is 3. The highest BCUT2D eigenvalue weighted by atomic mass is 16.6. The van der Waals surface area contributed by atoms with Crippen molar-refractivity contribution in [2.45, 2.75) is 335 Å². The largest absolute Gasteiger partial charge is 0.462 e. The Morgan fingerprint density at radius 3 is 0.841 bits per heavy atom. The Hall–Kier alpha value is -2.37. The lowest BCUT2D eigenvalue weighted by atomic mass is 10.0. The third kappa shape index (κ3) is 56.4. The second-order valence-electron chi connectivity index (χ2n) is 20.6. The van der Waals surface area contributed by atoms with E-state index in [-0.39, 0.29) is 31.1 Å². The van der Waals surface area contributed by atoms with E-state index in [1.165, 1.54) is 225 Å². The molecule has 0 radical (unpaired) electrons. The van der Waals surface area contributed by atoms with Gasteiger partial charge in [-0.25, -0.2) is 0 Å². The lowest BCUT2D eigenvalue weighted by molar-refractivity contribution is -0.167. The molecule has 0 saturated heterocycles. The summed E-state index contributed by atoms with van der Waals surface area (Å²) in [6.45, 7) is 6.66. The molecule has 0 rings (SSSR count). The maximum absolute atomic E-state index is 12.9. The van der Waals surface area contributed by atoms with Gasteiger partial charge in [0.25, 0.3) is 0 Å². The minimum Gasteiger partial charge on any atom is -0.462 e. The summed E-state index contributed by atoms with van der Waals surface area (Å²) in [5.41, 5.74) is 0. The molecule has 0 aliphatic heterocycles. The van der Waals surface area contributed by atoms with Crippen LogP contribution in [0.5, 0.6) is 0 Å². The molecule has 0 aromatic heterocycles. The minimum absolute atomic E-state index is 0.0711. The Bertz CT molecular complexity index is 1160. The van der Waals surface area contributed by atoms with Crippen molar-refractivity contribution in [2.75, 3.05) is 13.2 Å². The van der Waals surface area contributed by atoms with Crippen LogP contribution in [0.1, 0.15) is 329 Å². The highest BCUT2D eigenvalue weighted by Gasteiger charge is 2.19. The molecule has 69 heavy (non-hydrogen) atoms. The van der Waals surface area contributed by atoms with Crippen LogP contribution < -0.4 is 0 Å². The first-order valence-corrected chi connectivity index (χ1v) is 30.5. The number of rotatable bonds is 56. The summed E-state index contributed by atoms with van der Waals surface area (Å²) in [5, 5.41) is 0. The van der Waals surface area contributed by atoms with Gasteiger partial charge in [0.15, 0.2) is 6.10 Å². The fourth-order valence-corrected chi connectivity index (χ4v) is 9.00. The van der Waals surface area contributed by atoms with Crippen molar-refractivity contribution in [3.8, 4) is 0 Å². The summed E-state index contributed by atoms with van der Waals surface area (Å²) in [7, 11) is 0. The van der Waals surface area contributed by atoms with Crippen molar-refractivity contribution in [2.24, 2.45) is 0 Å². The SMILES string of the molecule is CCCCC/C=C\C/C=C\CCCCCCCCCCCC(=O)OC[C@@H](COC(=O)CCCCCCCCCCCCCCCCC)OC(=O)CCCCCCCCC/C=C\CCCCCCCC. The summed E-state index contributed by atoms with van der Waals surface area (Å²) in [6.07, 6.45) is 69.9. The normalized spacial score (nSPS) is 12.2. The van der Waals surface area contributed by atoms with E-state index in [1.807, 2.05) is 0 Å². The van der Waals surface area contributed by atoms with Gasteiger partial charge in [-0.05, 0) is 77.0 Å². The van der Waals surface area contributed by atoms with Crippen LogP contribution in [0.15, 0.2) is 36.5 Å². The van der Waals surface area contributed by atoms with Gasteiger partial charge in [-0.2, -0.15) is 0 Å². The number of carbonyl (C=O) groups excluding carboxylic acids is 3. The predicted molar refractivity (Wildman–Crippen MR) is 298 cm³/mol. The Morgan fingerprint density at radius 1 is 0.290 bits per heavy atom. The number of hydrogen-bond donors (Lipinski definition) is 0. The van der Waals surface area contributed by atoms with Gasteiger partial charge in [-0.3, -0.25) is 14.4 Å². The zero-order valence-corrected chi connectivity index (χ0v) is 46.3. The number of allylic oxidation sites excluding steroid dienone is 6. The molecule has 0 saturated carbocycles. The molecule has 6 heteroatoms. The van der Waals surface area contributed by atoms with Crippen molar-refractivity contribution >= 4 is 17.9 Å². The van der Waals surface area contributed by atoms with Gasteiger partial charge in [-0.1, -0.05) is 269 Å². The van der Waals surface area contributed by atoms with Crippen LogP contribution >= 0.6 is 0 Å². The van der Waals surface area contributed by atoms with Gasteiger partial charge < -0.3 is 14.2 Å². The van der Waals surface area contributed by atoms with Crippen molar-refractivity contribution in [1.82, 2.24) is 0 Å². The average Bonchev–Trinajstić information content (AvgIpc) is 3.35. The lowest BCUT2D eigenvalue weighted by Crippen LogP contribution is -2.30. The summed E-state index contributed by atoms with van der Waals surface area (Å²) in [5.74, 6) is -0.859. The molecule has 0 aliphatic carbocycles. The molecule has 0 bridgehead atoms. The first-order valence-electron chi connectivity index (χ1n) is 30.5. The van der Waals surface area contributed by atoms with Crippen molar-refractivity contribution in [3.05, 3.63) is 36.5 Å². The van der Waals surface area contributed by atoms with Crippen LogP contribution in [-0.4, -0.2) is 37.2 Å². The monoisotopic (exact) mass is 969 g/mol. The zero-order chi connectivity index (χ0) is 50.0. The molecule has 0 aromatic carbocycles. The van der Waals surface area contributed by atoms with Crippen LogP contribution in [0.25, 0.3) is 0 Å². The van der Waals surface area contributed by atoms with Gasteiger partial charge in [0.05, 0.1) is 0 Å². The molecule has 0 aromatic rings. The smallest absolute Gasteiger partial charge is 0.306 e. The maximum Gasteiger partial charge on any atom is 0.306 e. The van der Waals surface area contributed by atoms with E-state index in [1.54, 1.807) is 0 Å². The fourth-order valence-electron chi connectivity index (χ4n) is 9.00. The molecule has 0 fully saturated rings. The second kappa shape index (κ2) is 58.2. The Morgan fingerprint density at radius 2 is 0.522 bits per heavy atom. The van der Waals surface area contributed by atoms with Gasteiger partial charge in [0.1, 0.15) is 13.2 Å². The van der Waals surface area contributed by atoms with Crippen molar-refractivity contribution < 1.29 is 28.6 Å². The van der Waals surface area contributed by atoms with E-state index in [9.17, 15) is 14.4 Å². The summed E-state index contributed by atoms with van der Waals surface area (Å²) in [4.78, 5) is 38.2. The van der Waals surface area contributed by atoms with E-state index in [0.717, 1.165) is 64.2 Å². The number of carbonyl (C=O) groups is 3. The van der Waals surface area contributed by atoms with Gasteiger partial charge in [-0.15, -0.1) is 0 Å². The van der Waals surface area contributed by atoms with Crippen LogP contribution in [0.3, 0.4) is 0 Å². The number of unbranched alkanes of at least 4 members (excludes halogenated alkanes) is 39. The van der Waals surface area contributed by atoms with Crippen LogP contribution in [0.2, 0.25) is 0 Å². The number of hydrogen-bond acceptors (Lipinski definition) is 6. The first-order chi connectivity index (χ1) is 34.0. The summed E-state index contributed by atoms with van der Waals surface area (Å²) in [6, 6.07) is 0. The standard InChI is InChI=1S/C63H116O6/c1-4-7-10-13-16-19-22-25-28-30-31-33-35-38-41-44-47-50-53-56-62(65)68-59-60(58-67-61(64)55-52-49-46-43-40-37-34-27-24-21-18-15-12-9-6-3)69-63(66)57-54-51-48-45-42-39-36-32-29-26-23-20-17-14-11-8-5-2/h16,19,25-26,28-29,60H,4-15,17-18,20-24,27,30-59H2,1-3H3/b19-16-,28-25-,29-26-/t60-/m1/s1. The molecule has 1 atom stereocenters. The Labute approximate surface area is 429 Å². The van der Waals surface area contributed by atoms with E-state index >= 15 is 0 Å². The molecule has 0 spiro atoms. The zero-order valence-electron chi connectivity index (χ0n) is 46.3. The summed E-state index contributed by atoms with van der Waals surface area (Å²) >= 11 is 0. The lowest BCUT2D eigenvalue weighted by Gasteiger charge is -2.18. The van der Waals surface area contributed by atoms with Crippen LogP contribution in [0.4, 0.5) is 0 Å². The Kier molecular flexibility index (Phi) is 56.2. The van der Waals surface area contributed by atoms with Crippen LogP contribution in [0, 0.1) is 0 Å². The third-order valence-electron chi connectivity index (χ3n) is 13.6. The fraction of sp³-hybridized carbons (Fsp3) is 0.857. The molecule has 404 valence electrons. The van der Waals surface area contributed by atoms with E-state index < -0.39 is 6.10 Å². The van der Waals surface area contributed by atoms with Gasteiger partial charge in [0, 0.05) is 19.3 Å². The second-order valence-corrected chi connectivity index (χ2v) is 20.6. The average molecular weight is 970 g/mol. The molecule has 0 amide bonds. The Balaban J connectivity index is 4.34. The van der Waals surface area contributed by atoms with Crippen LogP contribution in [-0.2, 0) is 28.6 Å². The van der Waals surface area contributed by atoms with Gasteiger partial charge >= 0.3 is 17.9 Å². The highest BCUT2D eigenvalue weighted by molar-refractivity contribution is 5.71. The van der Waals surface area contributed by atoms with E-state index in [0.29, 0.717) is 19.3 Å². The number of ether oxygens (including phenoxy) is 3. The van der Waals surface area contributed by atoms with Gasteiger partial charge in [0.2, 0.25) is 0 Å². The topological polar surface area (TPSA) is 78.9 Å². The molecular weight excluding hydrogens is 853 g/mol. The molecule has 0 heterocycles. The summed E-state index contributed by atoms with van der Waals surface area (Å²) < 4.78 is 16.9. The first kappa shape index (κ1) is 66.6. The molecule has 0 N–H and O–H groups in total.